The minimum atomic E-state index is -4.06. The molecule has 0 amide bonds. The quantitative estimate of drug-likeness (QED) is 0.0786. The van der Waals surface area contributed by atoms with Gasteiger partial charge in [0.2, 0.25) is 11.4 Å². The van der Waals surface area contributed by atoms with Gasteiger partial charge >= 0.3 is 15.2 Å². The molecule has 0 saturated carbocycles. The molecular weight excluding hydrogens is 803 g/mol. The van der Waals surface area contributed by atoms with Crippen LogP contribution in [-0.2, 0) is 27.6 Å². The van der Waals surface area contributed by atoms with Gasteiger partial charge in [0, 0.05) is 72.8 Å². The zero-order valence-corrected chi connectivity index (χ0v) is 34.9. The Morgan fingerprint density at radius 3 is 1.03 bits per heavy atom. The van der Waals surface area contributed by atoms with E-state index in [4.69, 9.17) is 0 Å². The number of aromatic nitrogens is 4. The third-order valence-corrected chi connectivity index (χ3v) is 13.1. The number of rotatable bonds is 12. The van der Waals surface area contributed by atoms with Gasteiger partial charge in [0.25, 0.3) is 0 Å². The lowest BCUT2D eigenvalue weighted by Gasteiger charge is -2.33. The van der Waals surface area contributed by atoms with Gasteiger partial charge in [0.1, 0.15) is 12.3 Å². The molecule has 0 bridgehead atoms. The minimum Gasteiger partial charge on any atom is -0.324 e. The summed E-state index contributed by atoms with van der Waals surface area (Å²) in [5.41, 5.74) is 12.9. The molecule has 0 spiro atoms. The van der Waals surface area contributed by atoms with Gasteiger partial charge in [-0.05, 0) is 55.6 Å². The smallest absolute Gasteiger partial charge is 0.324 e. The average molecular weight is 847 g/mol. The van der Waals surface area contributed by atoms with E-state index >= 15 is 0 Å². The Kier molecular flexibility index (Phi) is 10.8. The number of nitrogens with zero attached hydrogens (tertiary/aromatic N) is 4. The average Bonchev–Trinajstić information content (AvgIpc) is 3.59. The lowest BCUT2D eigenvalue weighted by Crippen LogP contribution is -2.34. The lowest BCUT2D eigenvalue weighted by atomic mass is 9.67. The summed E-state index contributed by atoms with van der Waals surface area (Å²) in [6.45, 7) is 0.501. The van der Waals surface area contributed by atoms with Crippen LogP contribution >= 0.6 is 15.2 Å². The second-order valence-corrected chi connectivity index (χ2v) is 18.9. The molecule has 302 valence electrons. The number of aryl methyl sites for hydroxylation is 2. The van der Waals surface area contributed by atoms with E-state index in [0.29, 0.717) is 0 Å². The van der Waals surface area contributed by atoms with E-state index in [0.717, 1.165) is 44.8 Å². The van der Waals surface area contributed by atoms with Gasteiger partial charge in [-0.3, -0.25) is 9.13 Å². The second kappa shape index (κ2) is 16.3. The lowest BCUT2D eigenvalue weighted by molar-refractivity contribution is -0.692. The summed E-state index contributed by atoms with van der Waals surface area (Å²) in [5.74, 6) is 0. The van der Waals surface area contributed by atoms with Crippen LogP contribution in [0.25, 0.3) is 44.8 Å². The van der Waals surface area contributed by atoms with Gasteiger partial charge in [-0.15, -0.1) is 0 Å². The first-order valence-electron chi connectivity index (χ1n) is 20.0. The molecule has 12 heteroatoms. The predicted octanol–water partition coefficient (Wildman–Crippen LogP) is 6.87. The van der Waals surface area contributed by atoms with Gasteiger partial charge in [-0.1, -0.05) is 72.8 Å². The van der Waals surface area contributed by atoms with Crippen molar-refractivity contribution < 1.29 is 47.0 Å². The van der Waals surface area contributed by atoms with Crippen molar-refractivity contribution in [1.82, 2.24) is 0 Å². The van der Waals surface area contributed by atoms with Gasteiger partial charge in [-0.25, -0.2) is 9.13 Å². The summed E-state index contributed by atoms with van der Waals surface area (Å²) in [5, 5.41) is 0. The highest BCUT2D eigenvalue weighted by Gasteiger charge is 2.46. The topological polar surface area (TPSA) is 131 Å². The SMILES string of the molecule is O=P(O)(O)CC[n+]1ccc(-c2cc[n+](-c3ccc(C4(c5ccc(-[n+]6ccc(-c7cc[n+](CCP(=O)(O)O)cc7)cc6)cc5)c5ccccc5-c5ccccc54)cc3)cc2)cc1. The fourth-order valence-electron chi connectivity index (χ4n) is 8.46. The van der Waals surface area contributed by atoms with Crippen LogP contribution in [0, 0.1) is 0 Å². The summed E-state index contributed by atoms with van der Waals surface area (Å²) in [6, 6.07) is 51.2. The molecule has 9 rings (SSSR count). The highest BCUT2D eigenvalue weighted by molar-refractivity contribution is 7.51. The Labute approximate surface area is 353 Å². The minimum absolute atomic E-state index is 0.197. The monoisotopic (exact) mass is 846 g/mol. The summed E-state index contributed by atoms with van der Waals surface area (Å²) in [6.07, 6.45) is 15.2. The molecule has 1 aliphatic carbocycles. The van der Waals surface area contributed by atoms with Crippen molar-refractivity contribution >= 4 is 15.2 Å². The first-order chi connectivity index (χ1) is 29.4. The van der Waals surface area contributed by atoms with Gasteiger partial charge in [-0.2, -0.15) is 9.13 Å². The molecule has 0 saturated heterocycles. The number of hydrogen-bond donors (Lipinski definition) is 4. The summed E-state index contributed by atoms with van der Waals surface area (Å²) in [7, 11) is -8.12. The van der Waals surface area contributed by atoms with Crippen LogP contribution in [0.4, 0.5) is 0 Å². The van der Waals surface area contributed by atoms with Crippen molar-refractivity contribution in [1.29, 1.82) is 0 Å². The molecule has 4 heterocycles. The maximum Gasteiger partial charge on any atom is 0.331 e. The molecule has 0 aliphatic heterocycles. The zero-order chi connectivity index (χ0) is 42.2. The van der Waals surface area contributed by atoms with Crippen LogP contribution in [-0.4, -0.2) is 31.9 Å². The van der Waals surface area contributed by atoms with Crippen LogP contribution in [0.15, 0.2) is 195 Å². The summed E-state index contributed by atoms with van der Waals surface area (Å²) in [4.78, 5) is 36.9. The van der Waals surface area contributed by atoms with Gasteiger partial charge in [0.05, 0.1) is 5.41 Å². The van der Waals surface area contributed by atoms with E-state index in [1.807, 2.05) is 73.8 Å². The molecule has 10 nitrogen and oxygen atoms in total. The van der Waals surface area contributed by atoms with Gasteiger partial charge < -0.3 is 19.6 Å². The Hall–Kier alpha value is -6.22. The molecule has 4 aromatic carbocycles. The second-order valence-electron chi connectivity index (χ2n) is 15.3. The molecule has 0 fully saturated rings. The van der Waals surface area contributed by atoms with Gasteiger partial charge in [0.15, 0.2) is 62.7 Å². The number of pyridine rings is 4. The molecule has 4 aromatic heterocycles. The van der Waals surface area contributed by atoms with E-state index in [-0.39, 0.29) is 25.4 Å². The van der Waals surface area contributed by atoms with E-state index < -0.39 is 20.6 Å². The largest absolute Gasteiger partial charge is 0.331 e. The van der Waals surface area contributed by atoms with Crippen LogP contribution < -0.4 is 18.3 Å². The van der Waals surface area contributed by atoms with Crippen molar-refractivity contribution in [3.63, 3.8) is 0 Å². The van der Waals surface area contributed by atoms with E-state index in [1.165, 1.54) is 22.3 Å². The van der Waals surface area contributed by atoms with E-state index in [1.54, 1.807) is 9.13 Å². The number of benzene rings is 4. The van der Waals surface area contributed by atoms with E-state index in [2.05, 4.69) is 130 Å². The Balaban J connectivity index is 1.00. The first kappa shape index (κ1) is 40.2. The van der Waals surface area contributed by atoms with Crippen molar-refractivity contribution in [2.45, 2.75) is 18.5 Å². The Morgan fingerprint density at radius 1 is 0.393 bits per heavy atom. The molecule has 0 atom stereocenters. The fourth-order valence-corrected chi connectivity index (χ4v) is 9.45. The third-order valence-electron chi connectivity index (χ3n) is 11.6. The van der Waals surface area contributed by atoms with Crippen molar-refractivity contribution in [2.75, 3.05) is 12.3 Å². The normalized spacial score (nSPS) is 13.1. The Bertz CT molecular complexity index is 2730. The molecule has 8 aromatic rings. The number of hydrogen-bond acceptors (Lipinski definition) is 2. The fraction of sp³-hybridized carbons (Fsp3) is 0.102. The number of fused-ring (bicyclic) bond motifs is 3. The van der Waals surface area contributed by atoms with Crippen molar-refractivity contribution in [2.24, 2.45) is 0 Å². The van der Waals surface area contributed by atoms with Crippen LogP contribution in [0.5, 0.6) is 0 Å². The molecular formula is C49H44N4O6P2+4. The molecule has 0 radical (unpaired) electrons. The standard InChI is InChI=1S/C49H40N4O6P2/c54-60(55,56)35-33-50-25-17-37(18-26-50)39-21-29-52(30-22-39)43-13-9-41(10-14-43)49(47-7-3-1-5-45(47)46-6-2-4-8-48(46)49)42-11-15-44(16-12-42)53-31-23-40(24-32-53)38-19-27-51(28-20-38)34-36-61(57,58)59/h1-32H,33-36H2/p+4. The van der Waals surface area contributed by atoms with E-state index in [9.17, 15) is 28.7 Å². The summed E-state index contributed by atoms with van der Waals surface area (Å²) < 4.78 is 30.4. The predicted molar refractivity (Wildman–Crippen MR) is 232 cm³/mol. The molecule has 0 unspecified atom stereocenters. The highest BCUT2D eigenvalue weighted by atomic mass is 31.2. The maximum absolute atomic E-state index is 11.3. The molecule has 4 N–H and O–H groups in total. The van der Waals surface area contributed by atoms with Crippen molar-refractivity contribution in [3.05, 3.63) is 217 Å². The van der Waals surface area contributed by atoms with Crippen molar-refractivity contribution in [3.8, 4) is 44.8 Å². The summed E-state index contributed by atoms with van der Waals surface area (Å²) >= 11 is 0. The highest BCUT2D eigenvalue weighted by Crippen LogP contribution is 2.56. The van der Waals surface area contributed by atoms with Crippen LogP contribution in [0.1, 0.15) is 22.3 Å². The van der Waals surface area contributed by atoms with Crippen LogP contribution in [0.3, 0.4) is 0 Å². The molecule has 61 heavy (non-hydrogen) atoms. The maximum atomic E-state index is 11.3. The molecule has 1 aliphatic rings. The first-order valence-corrected chi connectivity index (χ1v) is 23.6. The van der Waals surface area contributed by atoms with Crippen LogP contribution in [0.2, 0.25) is 0 Å². The third kappa shape index (κ3) is 8.30. The Morgan fingerprint density at radius 2 is 0.705 bits per heavy atom. The zero-order valence-electron chi connectivity index (χ0n) is 33.1.